The van der Waals surface area contributed by atoms with Gasteiger partial charge in [0.05, 0.1) is 4.88 Å². The van der Waals surface area contributed by atoms with Crippen LogP contribution in [0.1, 0.15) is 22.2 Å². The predicted molar refractivity (Wildman–Crippen MR) is 87.0 cm³/mol. The van der Waals surface area contributed by atoms with Crippen LogP contribution in [0, 0.1) is 0 Å². The van der Waals surface area contributed by atoms with Crippen LogP contribution < -0.4 is 5.32 Å². The average molecular weight is 315 g/mol. The number of amides is 1. The Hall–Kier alpha value is -2.05. The number of carbonyl (C=O) groups excluding carboxylic acids is 1. The Kier molecular flexibility index (Phi) is 4.08. The minimum absolute atomic E-state index is 0.158. The van der Waals surface area contributed by atoms with Crippen molar-refractivity contribution in [3.05, 3.63) is 52.2 Å². The molecule has 0 saturated carbocycles. The molecule has 3 aromatic rings. The van der Waals surface area contributed by atoms with Crippen molar-refractivity contribution in [3.63, 3.8) is 0 Å². The number of hydrogen-bond acceptors (Lipinski definition) is 5. The summed E-state index contributed by atoms with van der Waals surface area (Å²) in [5.41, 5.74) is 2.61. The fourth-order valence-corrected chi connectivity index (χ4v) is 3.40. The molecule has 0 aliphatic heterocycles. The van der Waals surface area contributed by atoms with Gasteiger partial charge in [0.1, 0.15) is 10.6 Å². The number of thiophene rings is 1. The van der Waals surface area contributed by atoms with Crippen molar-refractivity contribution in [2.45, 2.75) is 13.3 Å². The second kappa shape index (κ2) is 6.15. The molecule has 0 atom stereocenters. The Balaban J connectivity index is 1.89. The van der Waals surface area contributed by atoms with E-state index in [1.165, 1.54) is 0 Å². The maximum atomic E-state index is 12.5. The maximum absolute atomic E-state index is 12.5. The normalized spacial score (nSPS) is 10.5. The molecule has 1 N–H and O–H groups in total. The number of hydrogen-bond donors (Lipinski definition) is 1. The van der Waals surface area contributed by atoms with Gasteiger partial charge in [-0.3, -0.25) is 4.79 Å². The molecule has 1 aromatic carbocycles. The number of aromatic nitrogens is 2. The first-order valence-corrected chi connectivity index (χ1v) is 8.20. The van der Waals surface area contributed by atoms with Crippen LogP contribution in [0.25, 0.3) is 10.6 Å². The molecule has 0 bridgehead atoms. The van der Waals surface area contributed by atoms with E-state index >= 15 is 0 Å². The van der Waals surface area contributed by atoms with Crippen LogP contribution in [0.15, 0.2) is 41.8 Å². The molecule has 3 rings (SSSR count). The van der Waals surface area contributed by atoms with E-state index in [2.05, 4.69) is 21.8 Å². The van der Waals surface area contributed by atoms with E-state index in [9.17, 15) is 4.79 Å². The second-order valence-electron chi connectivity index (χ2n) is 4.39. The molecule has 0 aliphatic carbocycles. The standard InChI is InChI=1S/C15H13N3OS2/c1-2-10-6-3-4-7-11(10)16-15(19)14-13(17-18-21-14)12-8-5-9-20-12/h3-9H,2H2,1H3,(H,16,19). The zero-order valence-corrected chi connectivity index (χ0v) is 13.0. The van der Waals surface area contributed by atoms with Gasteiger partial charge >= 0.3 is 0 Å². The monoisotopic (exact) mass is 315 g/mol. The minimum Gasteiger partial charge on any atom is -0.321 e. The van der Waals surface area contributed by atoms with Gasteiger partial charge in [-0.15, -0.1) is 16.4 Å². The molecule has 0 aliphatic rings. The summed E-state index contributed by atoms with van der Waals surface area (Å²) in [6.45, 7) is 2.07. The Morgan fingerprint density at radius 3 is 2.86 bits per heavy atom. The summed E-state index contributed by atoms with van der Waals surface area (Å²) in [6, 6.07) is 11.7. The van der Waals surface area contributed by atoms with Crippen LogP contribution in [0.3, 0.4) is 0 Å². The summed E-state index contributed by atoms with van der Waals surface area (Å²) in [5, 5.41) is 9.01. The second-order valence-corrected chi connectivity index (χ2v) is 6.09. The highest BCUT2D eigenvalue weighted by Crippen LogP contribution is 2.28. The van der Waals surface area contributed by atoms with Crippen LogP contribution in [-0.4, -0.2) is 15.5 Å². The molecule has 0 unspecified atom stereocenters. The molecule has 6 heteroatoms. The number of anilines is 1. The Morgan fingerprint density at radius 2 is 2.10 bits per heavy atom. The Labute approximate surface area is 130 Å². The lowest BCUT2D eigenvalue weighted by molar-refractivity contribution is 0.103. The van der Waals surface area contributed by atoms with Crippen LogP contribution >= 0.6 is 22.9 Å². The first kappa shape index (κ1) is 13.9. The van der Waals surface area contributed by atoms with Gasteiger partial charge in [-0.1, -0.05) is 35.7 Å². The molecule has 0 spiro atoms. The zero-order valence-electron chi connectivity index (χ0n) is 11.4. The summed E-state index contributed by atoms with van der Waals surface area (Å²) >= 11 is 2.67. The van der Waals surface area contributed by atoms with Gasteiger partial charge in [-0.25, -0.2) is 0 Å². The Bertz CT molecular complexity index is 750. The van der Waals surface area contributed by atoms with Crippen molar-refractivity contribution in [2.24, 2.45) is 0 Å². The molecule has 21 heavy (non-hydrogen) atoms. The lowest BCUT2D eigenvalue weighted by Gasteiger charge is -2.08. The third kappa shape index (κ3) is 2.86. The van der Waals surface area contributed by atoms with Gasteiger partial charge in [0, 0.05) is 5.69 Å². The smallest absolute Gasteiger partial charge is 0.269 e. The summed E-state index contributed by atoms with van der Waals surface area (Å²) in [5.74, 6) is -0.158. The topological polar surface area (TPSA) is 54.9 Å². The summed E-state index contributed by atoms with van der Waals surface area (Å²) < 4.78 is 3.92. The fourth-order valence-electron chi connectivity index (χ4n) is 2.04. The summed E-state index contributed by atoms with van der Waals surface area (Å²) in [6.07, 6.45) is 0.870. The van der Waals surface area contributed by atoms with Crippen molar-refractivity contribution < 1.29 is 4.79 Å². The number of carbonyl (C=O) groups is 1. The molecule has 4 nitrogen and oxygen atoms in total. The van der Waals surface area contributed by atoms with E-state index < -0.39 is 0 Å². The van der Waals surface area contributed by atoms with Crippen molar-refractivity contribution in [3.8, 4) is 10.6 Å². The number of rotatable bonds is 4. The highest BCUT2D eigenvalue weighted by atomic mass is 32.1. The van der Waals surface area contributed by atoms with Crippen molar-refractivity contribution in [1.29, 1.82) is 0 Å². The number of nitrogens with zero attached hydrogens (tertiary/aromatic N) is 2. The number of aryl methyl sites for hydroxylation is 1. The van der Waals surface area contributed by atoms with E-state index in [1.807, 2.05) is 41.8 Å². The lowest BCUT2D eigenvalue weighted by Crippen LogP contribution is -2.12. The van der Waals surface area contributed by atoms with Crippen molar-refractivity contribution >= 4 is 34.5 Å². The predicted octanol–water partition coefficient (Wildman–Crippen LogP) is 4.08. The van der Waals surface area contributed by atoms with Crippen LogP contribution in [-0.2, 0) is 6.42 Å². The third-order valence-electron chi connectivity index (χ3n) is 3.10. The van der Waals surface area contributed by atoms with E-state index in [0.717, 1.165) is 34.1 Å². The molecule has 0 fully saturated rings. The van der Waals surface area contributed by atoms with Crippen LogP contribution in [0.5, 0.6) is 0 Å². The molecular weight excluding hydrogens is 302 g/mol. The van der Waals surface area contributed by atoms with Gasteiger partial charge < -0.3 is 5.32 Å². The largest absolute Gasteiger partial charge is 0.321 e. The van der Waals surface area contributed by atoms with Crippen molar-refractivity contribution in [1.82, 2.24) is 9.59 Å². The lowest BCUT2D eigenvalue weighted by atomic mass is 10.1. The SMILES string of the molecule is CCc1ccccc1NC(=O)c1snnc1-c1cccs1. The van der Waals surface area contributed by atoms with Crippen molar-refractivity contribution in [2.75, 3.05) is 5.32 Å². The summed E-state index contributed by atoms with van der Waals surface area (Å²) in [7, 11) is 0. The van der Waals surface area contributed by atoms with Gasteiger partial charge in [0.15, 0.2) is 0 Å². The Morgan fingerprint density at radius 1 is 1.24 bits per heavy atom. The fraction of sp³-hybridized carbons (Fsp3) is 0.133. The van der Waals surface area contributed by atoms with Crippen LogP contribution in [0.4, 0.5) is 5.69 Å². The van der Waals surface area contributed by atoms with Crippen LogP contribution in [0.2, 0.25) is 0 Å². The number of benzene rings is 1. The van der Waals surface area contributed by atoms with E-state index in [-0.39, 0.29) is 5.91 Å². The third-order valence-corrected chi connectivity index (χ3v) is 4.70. The summed E-state index contributed by atoms with van der Waals surface area (Å²) in [4.78, 5) is 14.0. The molecule has 1 amide bonds. The van der Waals surface area contributed by atoms with Gasteiger partial charge in [0.2, 0.25) is 0 Å². The minimum atomic E-state index is -0.158. The quantitative estimate of drug-likeness (QED) is 0.789. The highest BCUT2D eigenvalue weighted by molar-refractivity contribution is 7.14. The van der Waals surface area contributed by atoms with Gasteiger partial charge in [-0.2, -0.15) is 0 Å². The highest BCUT2D eigenvalue weighted by Gasteiger charge is 2.19. The van der Waals surface area contributed by atoms with E-state index in [0.29, 0.717) is 10.6 Å². The first-order chi connectivity index (χ1) is 10.3. The number of nitrogens with one attached hydrogen (secondary N) is 1. The molecule has 0 radical (unpaired) electrons. The zero-order chi connectivity index (χ0) is 14.7. The molecular formula is C15H13N3OS2. The van der Waals surface area contributed by atoms with Gasteiger partial charge in [-0.05, 0) is 41.0 Å². The van der Waals surface area contributed by atoms with E-state index in [4.69, 9.17) is 0 Å². The first-order valence-electron chi connectivity index (χ1n) is 6.55. The number of para-hydroxylation sites is 1. The molecule has 2 aromatic heterocycles. The van der Waals surface area contributed by atoms with E-state index in [1.54, 1.807) is 11.3 Å². The maximum Gasteiger partial charge on any atom is 0.269 e. The average Bonchev–Trinajstić information content (AvgIpc) is 3.18. The molecule has 106 valence electrons. The van der Waals surface area contributed by atoms with Gasteiger partial charge in [0.25, 0.3) is 5.91 Å². The molecule has 0 saturated heterocycles. The molecule has 2 heterocycles.